The molecule has 0 aliphatic heterocycles. The molecular formula is C20H20N6OS3. The van der Waals surface area contributed by atoms with E-state index in [2.05, 4.69) is 31.8 Å². The predicted octanol–water partition coefficient (Wildman–Crippen LogP) is 4.53. The number of thioether (sulfide) groups is 1. The molecule has 6 rings (SSSR count). The third-order valence-corrected chi connectivity index (χ3v) is 8.51. The highest BCUT2D eigenvalue weighted by Crippen LogP contribution is 2.44. The molecular weight excluding hydrogens is 436 g/mol. The molecule has 0 radical (unpaired) electrons. The summed E-state index contributed by atoms with van der Waals surface area (Å²) in [4.78, 5) is 24.1. The second-order valence-electron chi connectivity index (χ2n) is 8.09. The number of amides is 1. The Morgan fingerprint density at radius 2 is 2.23 bits per heavy atom. The van der Waals surface area contributed by atoms with Gasteiger partial charge in [-0.25, -0.2) is 9.97 Å². The van der Waals surface area contributed by atoms with Crippen molar-refractivity contribution >= 4 is 61.3 Å². The molecule has 0 saturated heterocycles. The van der Waals surface area contributed by atoms with Crippen molar-refractivity contribution < 1.29 is 4.79 Å². The molecule has 2 aliphatic carbocycles. The van der Waals surface area contributed by atoms with Gasteiger partial charge in [0.15, 0.2) is 15.9 Å². The van der Waals surface area contributed by atoms with Gasteiger partial charge in [-0.1, -0.05) is 18.7 Å². The van der Waals surface area contributed by atoms with Crippen molar-refractivity contribution in [2.75, 3.05) is 11.1 Å². The van der Waals surface area contributed by atoms with Gasteiger partial charge in [-0.3, -0.25) is 9.20 Å². The number of anilines is 1. The second-order valence-corrected chi connectivity index (χ2v) is 11.0. The number of aromatic nitrogens is 5. The van der Waals surface area contributed by atoms with Crippen molar-refractivity contribution in [3.63, 3.8) is 0 Å². The number of hydrogen-bond acceptors (Lipinski definition) is 8. The van der Waals surface area contributed by atoms with E-state index in [0.29, 0.717) is 11.0 Å². The summed E-state index contributed by atoms with van der Waals surface area (Å²) in [6.45, 7) is 2.33. The molecule has 0 bridgehead atoms. The highest BCUT2D eigenvalue weighted by Gasteiger charge is 2.32. The van der Waals surface area contributed by atoms with Crippen LogP contribution in [0.15, 0.2) is 16.7 Å². The van der Waals surface area contributed by atoms with E-state index < -0.39 is 0 Å². The fraction of sp³-hybridized carbons (Fsp3) is 0.450. The SMILES string of the molecule is C[C@H]1CCc2c(sc3nc(C4CC4)n4c(SCC(=O)Nc5nccs5)nnc4c23)C1. The van der Waals surface area contributed by atoms with Gasteiger partial charge in [0.2, 0.25) is 5.91 Å². The van der Waals surface area contributed by atoms with Crippen LogP contribution in [-0.4, -0.2) is 36.2 Å². The quantitative estimate of drug-likeness (QED) is 0.444. The monoisotopic (exact) mass is 456 g/mol. The largest absolute Gasteiger partial charge is 0.301 e. The van der Waals surface area contributed by atoms with Crippen LogP contribution in [0.2, 0.25) is 0 Å². The average molecular weight is 457 g/mol. The van der Waals surface area contributed by atoms with Gasteiger partial charge in [0, 0.05) is 22.4 Å². The average Bonchev–Trinajstić information content (AvgIpc) is 3.12. The highest BCUT2D eigenvalue weighted by atomic mass is 32.2. The zero-order chi connectivity index (χ0) is 20.2. The first-order valence-electron chi connectivity index (χ1n) is 10.2. The normalized spacial score (nSPS) is 18.8. The predicted molar refractivity (Wildman–Crippen MR) is 121 cm³/mol. The van der Waals surface area contributed by atoms with Gasteiger partial charge in [0.1, 0.15) is 10.7 Å². The molecule has 0 unspecified atom stereocenters. The second kappa shape index (κ2) is 7.28. The fourth-order valence-electron chi connectivity index (χ4n) is 4.12. The lowest BCUT2D eigenvalue weighted by Gasteiger charge is -2.17. The molecule has 1 fully saturated rings. The van der Waals surface area contributed by atoms with E-state index in [1.54, 1.807) is 6.20 Å². The molecule has 7 nitrogen and oxygen atoms in total. The molecule has 1 atom stereocenters. The summed E-state index contributed by atoms with van der Waals surface area (Å²) in [5, 5.41) is 16.3. The maximum Gasteiger partial charge on any atom is 0.236 e. The zero-order valence-electron chi connectivity index (χ0n) is 16.4. The summed E-state index contributed by atoms with van der Waals surface area (Å²) < 4.78 is 2.12. The van der Waals surface area contributed by atoms with Gasteiger partial charge in [0.25, 0.3) is 0 Å². The third kappa shape index (κ3) is 3.21. The Hall–Kier alpha value is -2.04. The molecule has 4 heterocycles. The smallest absolute Gasteiger partial charge is 0.236 e. The summed E-state index contributed by atoms with van der Waals surface area (Å²) in [6, 6.07) is 0. The number of nitrogens with zero attached hydrogens (tertiary/aromatic N) is 5. The summed E-state index contributed by atoms with van der Waals surface area (Å²) in [6.07, 6.45) is 7.42. The molecule has 1 amide bonds. The minimum Gasteiger partial charge on any atom is -0.301 e. The number of carbonyl (C=O) groups is 1. The molecule has 10 heteroatoms. The van der Waals surface area contributed by atoms with Gasteiger partial charge in [0.05, 0.1) is 11.1 Å². The van der Waals surface area contributed by atoms with Gasteiger partial charge in [-0.05, 0) is 43.6 Å². The van der Waals surface area contributed by atoms with Crippen LogP contribution in [-0.2, 0) is 17.6 Å². The molecule has 154 valence electrons. The Labute approximate surface area is 185 Å². The van der Waals surface area contributed by atoms with Crippen LogP contribution in [0.3, 0.4) is 0 Å². The number of thiophene rings is 1. The Morgan fingerprint density at radius 1 is 1.33 bits per heavy atom. The lowest BCUT2D eigenvalue weighted by Crippen LogP contribution is -2.14. The van der Waals surface area contributed by atoms with E-state index in [9.17, 15) is 4.79 Å². The van der Waals surface area contributed by atoms with E-state index in [-0.39, 0.29) is 11.7 Å². The molecule has 4 aromatic rings. The van der Waals surface area contributed by atoms with Crippen molar-refractivity contribution in [3.05, 3.63) is 27.8 Å². The molecule has 0 aromatic carbocycles. The fourth-order valence-corrected chi connectivity index (χ4v) is 6.79. The lowest BCUT2D eigenvalue weighted by atomic mass is 9.89. The van der Waals surface area contributed by atoms with E-state index in [0.717, 1.165) is 53.1 Å². The minimum absolute atomic E-state index is 0.0874. The third-order valence-electron chi connectivity index (χ3n) is 5.75. The van der Waals surface area contributed by atoms with Crippen LogP contribution >= 0.6 is 34.4 Å². The summed E-state index contributed by atoms with van der Waals surface area (Å²) in [7, 11) is 0. The van der Waals surface area contributed by atoms with Crippen molar-refractivity contribution in [3.8, 4) is 0 Å². The maximum absolute atomic E-state index is 12.3. The van der Waals surface area contributed by atoms with E-state index >= 15 is 0 Å². The van der Waals surface area contributed by atoms with Crippen LogP contribution in [0.4, 0.5) is 5.13 Å². The molecule has 1 N–H and O–H groups in total. The first-order valence-corrected chi connectivity index (χ1v) is 12.9. The van der Waals surface area contributed by atoms with Crippen LogP contribution in [0, 0.1) is 5.92 Å². The number of carbonyl (C=O) groups excluding carboxylic acids is 1. The lowest BCUT2D eigenvalue weighted by molar-refractivity contribution is -0.113. The van der Waals surface area contributed by atoms with Crippen molar-refractivity contribution in [2.45, 2.75) is 50.1 Å². The number of hydrogen-bond donors (Lipinski definition) is 1. The van der Waals surface area contributed by atoms with Crippen LogP contribution in [0.5, 0.6) is 0 Å². The molecule has 0 spiro atoms. The number of fused-ring (bicyclic) bond motifs is 5. The Kier molecular flexibility index (Phi) is 4.54. The summed E-state index contributed by atoms with van der Waals surface area (Å²) >= 11 is 4.66. The van der Waals surface area contributed by atoms with E-state index in [1.807, 2.05) is 16.7 Å². The molecule has 1 saturated carbocycles. The minimum atomic E-state index is -0.0874. The van der Waals surface area contributed by atoms with Gasteiger partial charge >= 0.3 is 0 Å². The van der Waals surface area contributed by atoms with E-state index in [1.165, 1.54) is 45.3 Å². The number of thiazole rings is 1. The summed E-state index contributed by atoms with van der Waals surface area (Å²) in [5.74, 6) is 2.42. The first-order chi connectivity index (χ1) is 14.7. The summed E-state index contributed by atoms with van der Waals surface area (Å²) in [5.41, 5.74) is 2.33. The molecule has 2 aliphatic rings. The Balaban J connectivity index is 1.38. The van der Waals surface area contributed by atoms with Crippen LogP contribution < -0.4 is 5.32 Å². The van der Waals surface area contributed by atoms with Crippen molar-refractivity contribution in [1.82, 2.24) is 24.6 Å². The Morgan fingerprint density at radius 3 is 3.03 bits per heavy atom. The van der Waals surface area contributed by atoms with Crippen molar-refractivity contribution in [1.29, 1.82) is 0 Å². The zero-order valence-corrected chi connectivity index (χ0v) is 18.9. The Bertz CT molecular complexity index is 1260. The maximum atomic E-state index is 12.3. The standard InChI is InChI=1S/C20H20N6OS3/c1-10-2-5-12-13(8-10)30-18-15(12)17-24-25-20(26(17)16(23-18)11-3-4-11)29-9-14(27)22-19-21-6-7-28-19/h6-7,10-11H,2-5,8-9H2,1H3,(H,21,22,27)/t10-/m0/s1. The van der Waals surface area contributed by atoms with E-state index in [4.69, 9.17) is 4.98 Å². The number of rotatable bonds is 5. The van der Waals surface area contributed by atoms with Crippen LogP contribution in [0.1, 0.15) is 48.4 Å². The number of aryl methyl sites for hydroxylation is 1. The van der Waals surface area contributed by atoms with Crippen molar-refractivity contribution in [2.24, 2.45) is 5.92 Å². The van der Waals surface area contributed by atoms with Gasteiger partial charge in [-0.2, -0.15) is 0 Å². The van der Waals surface area contributed by atoms with Gasteiger partial charge in [-0.15, -0.1) is 32.9 Å². The molecule has 4 aromatic heterocycles. The number of nitrogens with one attached hydrogen (secondary N) is 1. The van der Waals surface area contributed by atoms with Gasteiger partial charge < -0.3 is 5.32 Å². The first kappa shape index (κ1) is 18.7. The topological polar surface area (TPSA) is 85.1 Å². The molecule has 30 heavy (non-hydrogen) atoms. The highest BCUT2D eigenvalue weighted by molar-refractivity contribution is 7.99. The van der Waals surface area contributed by atoms with Crippen LogP contribution in [0.25, 0.3) is 15.9 Å².